The molecule has 7 heteroatoms. The van der Waals surface area contributed by atoms with Crippen LogP contribution in [0.15, 0.2) is 48.5 Å². The van der Waals surface area contributed by atoms with E-state index in [1.165, 1.54) is 12.1 Å². The van der Waals surface area contributed by atoms with Gasteiger partial charge >= 0.3 is 5.97 Å². The Morgan fingerprint density at radius 3 is 2.33 bits per heavy atom. The highest BCUT2D eigenvalue weighted by Crippen LogP contribution is 2.28. The molecule has 3 rings (SSSR count). The average Bonchev–Trinajstić information content (AvgIpc) is 2.69. The number of aromatic carboxylic acids is 1. The van der Waals surface area contributed by atoms with Crippen molar-refractivity contribution in [3.63, 3.8) is 0 Å². The van der Waals surface area contributed by atoms with E-state index in [2.05, 4.69) is 15.1 Å². The molecule has 0 bridgehead atoms. The lowest BCUT2D eigenvalue weighted by molar-refractivity contribution is -0.117. The van der Waals surface area contributed by atoms with Crippen molar-refractivity contribution >= 4 is 23.3 Å². The van der Waals surface area contributed by atoms with Crippen molar-refractivity contribution in [2.75, 3.05) is 50.1 Å². The predicted molar refractivity (Wildman–Crippen MR) is 104 cm³/mol. The average molecular weight is 369 g/mol. The first-order valence-corrected chi connectivity index (χ1v) is 8.80. The van der Waals surface area contributed by atoms with Gasteiger partial charge in [-0.3, -0.25) is 9.69 Å². The minimum Gasteiger partial charge on any atom is -0.495 e. The second-order valence-electron chi connectivity index (χ2n) is 6.37. The molecule has 1 fully saturated rings. The third-order valence-corrected chi connectivity index (χ3v) is 4.58. The Morgan fingerprint density at radius 1 is 1.04 bits per heavy atom. The number of amides is 1. The number of methoxy groups -OCH3 is 1. The first-order valence-electron chi connectivity index (χ1n) is 8.80. The number of carboxylic acid groups (broad SMARTS) is 1. The fourth-order valence-electron chi connectivity index (χ4n) is 3.14. The quantitative estimate of drug-likeness (QED) is 0.812. The van der Waals surface area contributed by atoms with Gasteiger partial charge in [-0.15, -0.1) is 0 Å². The summed E-state index contributed by atoms with van der Waals surface area (Å²) in [5.74, 6) is -0.238. The maximum absolute atomic E-state index is 12.2. The number of benzene rings is 2. The van der Waals surface area contributed by atoms with Crippen LogP contribution in [0.3, 0.4) is 0 Å². The number of carboxylic acids is 1. The molecule has 27 heavy (non-hydrogen) atoms. The van der Waals surface area contributed by atoms with E-state index in [1.807, 2.05) is 24.3 Å². The monoisotopic (exact) mass is 369 g/mol. The summed E-state index contributed by atoms with van der Waals surface area (Å²) in [6.07, 6.45) is 0. The van der Waals surface area contributed by atoms with Crippen molar-refractivity contribution in [1.82, 2.24) is 4.90 Å². The van der Waals surface area contributed by atoms with Crippen molar-refractivity contribution in [2.45, 2.75) is 0 Å². The molecule has 2 aromatic rings. The van der Waals surface area contributed by atoms with E-state index < -0.39 is 5.97 Å². The van der Waals surface area contributed by atoms with Gasteiger partial charge in [0.05, 0.1) is 24.9 Å². The van der Waals surface area contributed by atoms with E-state index in [-0.39, 0.29) is 11.5 Å². The Morgan fingerprint density at radius 2 is 1.70 bits per heavy atom. The Labute approximate surface area is 158 Å². The molecule has 0 spiro atoms. The van der Waals surface area contributed by atoms with Crippen LogP contribution >= 0.6 is 0 Å². The summed E-state index contributed by atoms with van der Waals surface area (Å²) in [6.45, 7) is 3.51. The Balaban J connectivity index is 1.50. The summed E-state index contributed by atoms with van der Waals surface area (Å²) in [5.41, 5.74) is 1.86. The van der Waals surface area contributed by atoms with E-state index in [9.17, 15) is 9.59 Å². The van der Waals surface area contributed by atoms with Gasteiger partial charge in [-0.2, -0.15) is 0 Å². The first-order chi connectivity index (χ1) is 13.1. The number of ether oxygens (including phenoxy) is 1. The smallest absolute Gasteiger partial charge is 0.335 e. The maximum Gasteiger partial charge on any atom is 0.335 e. The largest absolute Gasteiger partial charge is 0.495 e. The summed E-state index contributed by atoms with van der Waals surface area (Å²) in [6, 6.07) is 14.1. The molecular formula is C20H23N3O4. The highest BCUT2D eigenvalue weighted by atomic mass is 16.5. The zero-order chi connectivity index (χ0) is 19.2. The number of nitrogens with zero attached hydrogens (tertiary/aromatic N) is 2. The van der Waals surface area contributed by atoms with Crippen LogP contribution in [0, 0.1) is 0 Å². The molecule has 0 aromatic heterocycles. The summed E-state index contributed by atoms with van der Waals surface area (Å²) >= 11 is 0. The molecule has 2 N–H and O–H groups in total. The molecule has 0 aliphatic carbocycles. The van der Waals surface area contributed by atoms with E-state index >= 15 is 0 Å². The number of nitrogens with one attached hydrogen (secondary N) is 1. The van der Waals surface area contributed by atoms with Crippen molar-refractivity contribution < 1.29 is 19.4 Å². The summed E-state index contributed by atoms with van der Waals surface area (Å²) in [4.78, 5) is 27.5. The van der Waals surface area contributed by atoms with Gasteiger partial charge in [-0.05, 0) is 36.4 Å². The molecule has 7 nitrogen and oxygen atoms in total. The molecule has 0 saturated carbocycles. The molecule has 142 valence electrons. The molecule has 2 aromatic carbocycles. The maximum atomic E-state index is 12.2. The van der Waals surface area contributed by atoms with E-state index in [1.54, 1.807) is 19.2 Å². The highest BCUT2D eigenvalue weighted by molar-refractivity contribution is 5.93. The topological polar surface area (TPSA) is 82.1 Å². The Bertz CT molecular complexity index is 799. The SMILES string of the molecule is COc1ccccc1N1CCN(CC(=O)Nc2ccc(C(=O)O)cc2)CC1. The van der Waals surface area contributed by atoms with Crippen LogP contribution in [0.5, 0.6) is 5.75 Å². The summed E-state index contributed by atoms with van der Waals surface area (Å²) in [5, 5.41) is 11.7. The van der Waals surface area contributed by atoms with Gasteiger partial charge in [-0.25, -0.2) is 4.79 Å². The Hall–Kier alpha value is -3.06. The van der Waals surface area contributed by atoms with Gasteiger partial charge in [0, 0.05) is 31.9 Å². The van der Waals surface area contributed by atoms with Crippen LogP contribution in [-0.4, -0.2) is 61.7 Å². The lowest BCUT2D eigenvalue weighted by atomic mass is 10.2. The van der Waals surface area contributed by atoms with Crippen molar-refractivity contribution in [1.29, 1.82) is 0 Å². The zero-order valence-corrected chi connectivity index (χ0v) is 15.2. The minimum atomic E-state index is -0.985. The van der Waals surface area contributed by atoms with Crippen LogP contribution in [-0.2, 0) is 4.79 Å². The van der Waals surface area contributed by atoms with Crippen LogP contribution in [0.25, 0.3) is 0 Å². The van der Waals surface area contributed by atoms with Gasteiger partial charge in [-0.1, -0.05) is 12.1 Å². The summed E-state index contributed by atoms with van der Waals surface area (Å²) < 4.78 is 5.42. The molecule has 0 radical (unpaired) electrons. The van der Waals surface area contributed by atoms with Crippen molar-refractivity contribution in [3.05, 3.63) is 54.1 Å². The minimum absolute atomic E-state index is 0.108. The molecule has 1 heterocycles. The van der Waals surface area contributed by atoms with Gasteiger partial charge in [0.2, 0.25) is 5.91 Å². The van der Waals surface area contributed by atoms with Crippen LogP contribution in [0.1, 0.15) is 10.4 Å². The van der Waals surface area contributed by atoms with Crippen molar-refractivity contribution in [3.8, 4) is 5.75 Å². The number of anilines is 2. The molecule has 1 aliphatic heterocycles. The lowest BCUT2D eigenvalue weighted by Gasteiger charge is -2.36. The van der Waals surface area contributed by atoms with E-state index in [4.69, 9.17) is 9.84 Å². The number of para-hydroxylation sites is 2. The highest BCUT2D eigenvalue weighted by Gasteiger charge is 2.21. The molecule has 1 aliphatic rings. The zero-order valence-electron chi connectivity index (χ0n) is 15.2. The van der Waals surface area contributed by atoms with Gasteiger partial charge < -0.3 is 20.1 Å². The van der Waals surface area contributed by atoms with Crippen molar-refractivity contribution in [2.24, 2.45) is 0 Å². The fraction of sp³-hybridized carbons (Fsp3) is 0.300. The number of carbonyl (C=O) groups is 2. The number of hydrogen-bond donors (Lipinski definition) is 2. The van der Waals surface area contributed by atoms with Gasteiger partial charge in [0.15, 0.2) is 0 Å². The van der Waals surface area contributed by atoms with Crippen LogP contribution < -0.4 is 15.0 Å². The third-order valence-electron chi connectivity index (χ3n) is 4.58. The standard InChI is InChI=1S/C20H23N3O4/c1-27-18-5-3-2-4-17(18)23-12-10-22(11-13-23)14-19(24)21-16-8-6-15(7-9-16)20(25)26/h2-9H,10-14H2,1H3,(H,21,24)(H,25,26). The van der Waals surface area contributed by atoms with Crippen LogP contribution in [0.4, 0.5) is 11.4 Å². The van der Waals surface area contributed by atoms with E-state index in [0.29, 0.717) is 12.2 Å². The second kappa shape index (κ2) is 8.55. The molecule has 1 amide bonds. The Kier molecular flexibility index (Phi) is 5.93. The molecule has 0 atom stereocenters. The predicted octanol–water partition coefficient (Wildman–Crippen LogP) is 2.15. The molecular weight excluding hydrogens is 346 g/mol. The number of piperazine rings is 1. The fourth-order valence-corrected chi connectivity index (χ4v) is 3.14. The number of carbonyl (C=O) groups excluding carboxylic acids is 1. The summed E-state index contributed by atoms with van der Waals surface area (Å²) in [7, 11) is 1.67. The van der Waals surface area contributed by atoms with Gasteiger partial charge in [0.1, 0.15) is 5.75 Å². The third kappa shape index (κ3) is 4.77. The lowest BCUT2D eigenvalue weighted by Crippen LogP contribution is -2.48. The first kappa shape index (κ1) is 18.7. The van der Waals surface area contributed by atoms with E-state index in [0.717, 1.165) is 37.6 Å². The normalized spacial score (nSPS) is 14.6. The van der Waals surface area contributed by atoms with Gasteiger partial charge in [0.25, 0.3) is 0 Å². The number of rotatable bonds is 6. The molecule has 1 saturated heterocycles. The van der Waals surface area contributed by atoms with Crippen LogP contribution in [0.2, 0.25) is 0 Å². The number of hydrogen-bond acceptors (Lipinski definition) is 5. The second-order valence-corrected chi connectivity index (χ2v) is 6.37. The molecule has 0 unspecified atom stereocenters.